The summed E-state index contributed by atoms with van der Waals surface area (Å²) in [6.07, 6.45) is 8.14. The van der Waals surface area contributed by atoms with E-state index in [4.69, 9.17) is 5.11 Å². The summed E-state index contributed by atoms with van der Waals surface area (Å²) in [5.41, 5.74) is 0. The highest BCUT2D eigenvalue weighted by Crippen LogP contribution is 1.97. The van der Waals surface area contributed by atoms with Gasteiger partial charge in [0.1, 0.15) is 0 Å². The summed E-state index contributed by atoms with van der Waals surface area (Å²) in [5.74, 6) is 0.871. The molecule has 0 aliphatic carbocycles. The molecule has 0 saturated heterocycles. The minimum Gasteiger partial charge on any atom is -0.396 e. The van der Waals surface area contributed by atoms with Crippen LogP contribution >= 0.6 is 0 Å². The van der Waals surface area contributed by atoms with Gasteiger partial charge in [0.25, 0.3) is 0 Å². The van der Waals surface area contributed by atoms with Gasteiger partial charge in [0.2, 0.25) is 0 Å². The number of aliphatic hydroxyl groups excluding tert-OH is 1. The molecule has 11 heavy (non-hydrogen) atoms. The first-order valence-electron chi connectivity index (χ1n) is 4.12. The fourth-order valence-corrected chi connectivity index (χ4v) is 0.601. The second-order valence-electron chi connectivity index (χ2n) is 3.17. The molecule has 0 aromatic rings. The van der Waals surface area contributed by atoms with Crippen LogP contribution in [-0.4, -0.2) is 11.7 Å². The second kappa shape index (κ2) is 6.17. The standard InChI is InChI=1S/C10H18O/c1-9(2)6-4-5-7-10(3)8-11/h4-7,9-11H,8H2,1-3H3/b6-4+,7-5+/t10-/m0/s1. The highest BCUT2D eigenvalue weighted by Gasteiger charge is 1.89. The van der Waals surface area contributed by atoms with Crippen LogP contribution in [0.15, 0.2) is 24.3 Å². The third kappa shape index (κ3) is 7.34. The van der Waals surface area contributed by atoms with E-state index in [0.29, 0.717) is 5.92 Å². The van der Waals surface area contributed by atoms with Gasteiger partial charge in [-0.25, -0.2) is 0 Å². The Hall–Kier alpha value is -0.560. The van der Waals surface area contributed by atoms with E-state index < -0.39 is 0 Å². The molecular weight excluding hydrogens is 136 g/mol. The number of rotatable bonds is 4. The zero-order valence-electron chi connectivity index (χ0n) is 7.62. The van der Waals surface area contributed by atoms with Gasteiger partial charge in [0.15, 0.2) is 0 Å². The van der Waals surface area contributed by atoms with E-state index in [-0.39, 0.29) is 12.5 Å². The highest BCUT2D eigenvalue weighted by molar-refractivity contribution is 5.04. The van der Waals surface area contributed by atoms with Crippen molar-refractivity contribution in [1.82, 2.24) is 0 Å². The molecule has 0 saturated carbocycles. The molecule has 64 valence electrons. The topological polar surface area (TPSA) is 20.2 Å². The lowest BCUT2D eigenvalue weighted by atomic mass is 10.1. The summed E-state index contributed by atoms with van der Waals surface area (Å²) >= 11 is 0. The summed E-state index contributed by atoms with van der Waals surface area (Å²) < 4.78 is 0. The Morgan fingerprint density at radius 3 is 2.09 bits per heavy atom. The third-order valence-electron chi connectivity index (χ3n) is 1.33. The third-order valence-corrected chi connectivity index (χ3v) is 1.33. The fraction of sp³-hybridized carbons (Fsp3) is 0.600. The minimum absolute atomic E-state index is 0.228. The van der Waals surface area contributed by atoms with Crippen molar-refractivity contribution < 1.29 is 5.11 Å². The molecule has 1 N–H and O–H groups in total. The summed E-state index contributed by atoms with van der Waals surface area (Å²) in [5, 5.41) is 8.67. The van der Waals surface area contributed by atoms with Crippen LogP contribution in [0.3, 0.4) is 0 Å². The molecule has 0 unspecified atom stereocenters. The highest BCUT2D eigenvalue weighted by atomic mass is 16.3. The SMILES string of the molecule is CC(C)/C=C/C=C/[C@H](C)CO. The first-order chi connectivity index (χ1) is 5.16. The second-order valence-corrected chi connectivity index (χ2v) is 3.17. The molecular formula is C10H18O. The molecule has 0 radical (unpaired) electrons. The van der Waals surface area contributed by atoms with E-state index in [1.165, 1.54) is 0 Å². The average Bonchev–Trinajstić information content (AvgIpc) is 1.97. The quantitative estimate of drug-likeness (QED) is 0.616. The molecule has 1 atom stereocenters. The van der Waals surface area contributed by atoms with Crippen molar-refractivity contribution >= 4 is 0 Å². The Labute approximate surface area is 69.4 Å². The molecule has 0 aliphatic rings. The molecule has 1 nitrogen and oxygen atoms in total. The van der Waals surface area contributed by atoms with Gasteiger partial charge in [0, 0.05) is 6.61 Å². The average molecular weight is 154 g/mol. The zero-order valence-corrected chi connectivity index (χ0v) is 7.62. The van der Waals surface area contributed by atoms with Crippen molar-refractivity contribution in [3.8, 4) is 0 Å². The van der Waals surface area contributed by atoms with Crippen LogP contribution in [0.5, 0.6) is 0 Å². The van der Waals surface area contributed by atoms with Gasteiger partial charge in [-0.05, 0) is 11.8 Å². The van der Waals surface area contributed by atoms with Crippen molar-refractivity contribution in [1.29, 1.82) is 0 Å². The van der Waals surface area contributed by atoms with Crippen molar-refractivity contribution in [2.75, 3.05) is 6.61 Å². The molecule has 0 aliphatic heterocycles. The summed E-state index contributed by atoms with van der Waals surface area (Å²) in [7, 11) is 0. The van der Waals surface area contributed by atoms with Gasteiger partial charge in [0.05, 0.1) is 0 Å². The predicted octanol–water partition coefficient (Wildman–Crippen LogP) is 2.38. The number of hydrogen-bond acceptors (Lipinski definition) is 1. The summed E-state index contributed by atoms with van der Waals surface area (Å²) in [6, 6.07) is 0. The van der Waals surface area contributed by atoms with Gasteiger partial charge >= 0.3 is 0 Å². The largest absolute Gasteiger partial charge is 0.396 e. The number of aliphatic hydroxyl groups is 1. The Morgan fingerprint density at radius 2 is 1.64 bits per heavy atom. The van der Waals surface area contributed by atoms with Crippen molar-refractivity contribution in [3.63, 3.8) is 0 Å². The maximum absolute atomic E-state index is 8.67. The number of hydrogen-bond donors (Lipinski definition) is 1. The van der Waals surface area contributed by atoms with Crippen LogP contribution in [0.4, 0.5) is 0 Å². The van der Waals surface area contributed by atoms with Gasteiger partial charge in [-0.3, -0.25) is 0 Å². The molecule has 0 rings (SSSR count). The monoisotopic (exact) mass is 154 g/mol. The van der Waals surface area contributed by atoms with Crippen LogP contribution in [0.2, 0.25) is 0 Å². The van der Waals surface area contributed by atoms with Gasteiger partial charge < -0.3 is 5.11 Å². The minimum atomic E-state index is 0.228. The Bertz CT molecular complexity index is 134. The van der Waals surface area contributed by atoms with Crippen LogP contribution in [0.25, 0.3) is 0 Å². The maximum atomic E-state index is 8.67. The Balaban J connectivity index is 3.59. The van der Waals surface area contributed by atoms with Crippen molar-refractivity contribution in [2.24, 2.45) is 11.8 Å². The maximum Gasteiger partial charge on any atom is 0.0491 e. The molecule has 0 amide bonds. The Kier molecular flexibility index (Phi) is 5.86. The number of allylic oxidation sites excluding steroid dienone is 3. The van der Waals surface area contributed by atoms with E-state index in [0.717, 1.165) is 0 Å². The van der Waals surface area contributed by atoms with Crippen LogP contribution in [0.1, 0.15) is 20.8 Å². The first kappa shape index (κ1) is 10.4. The van der Waals surface area contributed by atoms with Gasteiger partial charge in [-0.15, -0.1) is 0 Å². The molecule has 0 heterocycles. The summed E-state index contributed by atoms with van der Waals surface area (Å²) in [4.78, 5) is 0. The van der Waals surface area contributed by atoms with E-state index in [9.17, 15) is 0 Å². The smallest absolute Gasteiger partial charge is 0.0491 e. The molecule has 0 aromatic carbocycles. The Morgan fingerprint density at radius 1 is 1.09 bits per heavy atom. The predicted molar refractivity (Wildman–Crippen MR) is 49.4 cm³/mol. The van der Waals surface area contributed by atoms with E-state index >= 15 is 0 Å². The summed E-state index contributed by atoms with van der Waals surface area (Å²) in [6.45, 7) is 6.49. The molecule has 0 bridgehead atoms. The first-order valence-corrected chi connectivity index (χ1v) is 4.12. The lowest BCUT2D eigenvalue weighted by Crippen LogP contribution is -1.94. The van der Waals surface area contributed by atoms with Crippen molar-refractivity contribution in [3.05, 3.63) is 24.3 Å². The molecule has 1 heteroatoms. The van der Waals surface area contributed by atoms with Gasteiger partial charge in [-0.2, -0.15) is 0 Å². The van der Waals surface area contributed by atoms with E-state index in [1.807, 2.05) is 25.2 Å². The van der Waals surface area contributed by atoms with Crippen LogP contribution in [0, 0.1) is 11.8 Å². The van der Waals surface area contributed by atoms with E-state index in [2.05, 4.69) is 19.9 Å². The zero-order chi connectivity index (χ0) is 8.69. The molecule has 0 spiro atoms. The normalized spacial score (nSPS) is 15.4. The van der Waals surface area contributed by atoms with Crippen LogP contribution in [-0.2, 0) is 0 Å². The van der Waals surface area contributed by atoms with E-state index in [1.54, 1.807) is 0 Å². The molecule has 0 fully saturated rings. The molecule has 0 aromatic heterocycles. The van der Waals surface area contributed by atoms with Crippen LogP contribution < -0.4 is 0 Å². The van der Waals surface area contributed by atoms with Crippen molar-refractivity contribution in [2.45, 2.75) is 20.8 Å². The lowest BCUT2D eigenvalue weighted by molar-refractivity contribution is 0.262. The van der Waals surface area contributed by atoms with Gasteiger partial charge in [-0.1, -0.05) is 45.1 Å². The lowest BCUT2D eigenvalue weighted by Gasteiger charge is -1.96. The fourth-order valence-electron chi connectivity index (χ4n) is 0.601.